The lowest BCUT2D eigenvalue weighted by Gasteiger charge is -2.06. The van der Waals surface area contributed by atoms with Crippen LogP contribution >= 0.6 is 11.8 Å². The average Bonchev–Trinajstić information content (AvgIpc) is 2.19. The van der Waals surface area contributed by atoms with Crippen LogP contribution in [0, 0.1) is 0 Å². The predicted molar refractivity (Wildman–Crippen MR) is 59.7 cm³/mol. The van der Waals surface area contributed by atoms with Gasteiger partial charge in [0.05, 0.1) is 7.11 Å². The lowest BCUT2D eigenvalue weighted by molar-refractivity contribution is 0.409. The molecule has 1 rings (SSSR count). The van der Waals surface area contributed by atoms with Gasteiger partial charge in [-0.2, -0.15) is 11.8 Å². The van der Waals surface area contributed by atoms with E-state index in [0.29, 0.717) is 0 Å². The van der Waals surface area contributed by atoms with Crippen LogP contribution in [0.15, 0.2) is 24.3 Å². The Morgan fingerprint density at radius 3 is 2.77 bits per heavy atom. The van der Waals surface area contributed by atoms with Gasteiger partial charge in [0.2, 0.25) is 0 Å². The number of rotatable bonds is 5. The van der Waals surface area contributed by atoms with E-state index in [-0.39, 0.29) is 0 Å². The van der Waals surface area contributed by atoms with Crippen molar-refractivity contribution < 1.29 is 4.74 Å². The van der Waals surface area contributed by atoms with Crippen molar-refractivity contribution in [2.24, 2.45) is 0 Å². The van der Waals surface area contributed by atoms with E-state index in [1.807, 2.05) is 23.9 Å². The molecule has 0 radical (unpaired) electrons. The molecule has 0 aliphatic carbocycles. The summed E-state index contributed by atoms with van der Waals surface area (Å²) in [6.45, 7) is 0. The molecule has 2 heteroatoms. The van der Waals surface area contributed by atoms with Gasteiger partial charge in [-0.25, -0.2) is 0 Å². The average molecular weight is 196 g/mol. The Balaban J connectivity index is 2.54. The number of benzene rings is 1. The first-order valence-corrected chi connectivity index (χ1v) is 5.88. The number of ether oxygens (including phenoxy) is 1. The number of para-hydroxylation sites is 1. The minimum atomic E-state index is 1.02. The van der Waals surface area contributed by atoms with E-state index in [1.165, 1.54) is 17.7 Å². The summed E-state index contributed by atoms with van der Waals surface area (Å²) >= 11 is 1.89. The van der Waals surface area contributed by atoms with E-state index in [2.05, 4.69) is 18.4 Å². The summed E-state index contributed by atoms with van der Waals surface area (Å²) in [4.78, 5) is 0. The molecule has 0 aliphatic rings. The Bertz CT molecular complexity index is 248. The van der Waals surface area contributed by atoms with Crippen molar-refractivity contribution in [3.05, 3.63) is 29.8 Å². The van der Waals surface area contributed by atoms with Crippen molar-refractivity contribution in [2.75, 3.05) is 19.1 Å². The van der Waals surface area contributed by atoms with Crippen LogP contribution in [0.4, 0.5) is 0 Å². The standard InChI is InChI=1S/C11H16OS/c1-12-11-8-4-3-6-10(11)7-5-9-13-2/h3-4,6,8H,5,7,9H2,1-2H3. The van der Waals surface area contributed by atoms with Crippen LogP contribution in [-0.2, 0) is 6.42 Å². The van der Waals surface area contributed by atoms with Crippen LogP contribution in [0.5, 0.6) is 5.75 Å². The van der Waals surface area contributed by atoms with Gasteiger partial charge >= 0.3 is 0 Å². The van der Waals surface area contributed by atoms with Crippen LogP contribution < -0.4 is 4.74 Å². The van der Waals surface area contributed by atoms with E-state index in [4.69, 9.17) is 4.74 Å². The maximum atomic E-state index is 5.27. The zero-order valence-corrected chi connectivity index (χ0v) is 9.06. The fraction of sp³-hybridized carbons (Fsp3) is 0.455. The Hall–Kier alpha value is -0.630. The molecular weight excluding hydrogens is 180 g/mol. The number of methoxy groups -OCH3 is 1. The highest BCUT2D eigenvalue weighted by atomic mass is 32.2. The Morgan fingerprint density at radius 1 is 1.31 bits per heavy atom. The largest absolute Gasteiger partial charge is 0.496 e. The summed E-state index contributed by atoms with van der Waals surface area (Å²) in [6.07, 6.45) is 4.48. The number of hydrogen-bond donors (Lipinski definition) is 0. The van der Waals surface area contributed by atoms with Gasteiger partial charge in [-0.3, -0.25) is 0 Å². The van der Waals surface area contributed by atoms with Crippen molar-refractivity contribution in [1.29, 1.82) is 0 Å². The molecule has 0 amide bonds. The molecule has 0 atom stereocenters. The van der Waals surface area contributed by atoms with Crippen molar-refractivity contribution in [2.45, 2.75) is 12.8 Å². The summed E-state index contributed by atoms with van der Waals surface area (Å²) in [6, 6.07) is 8.24. The Morgan fingerprint density at radius 2 is 2.08 bits per heavy atom. The molecule has 1 aromatic carbocycles. The third-order valence-corrected chi connectivity index (χ3v) is 2.68. The number of hydrogen-bond acceptors (Lipinski definition) is 2. The molecule has 0 aromatic heterocycles. The highest BCUT2D eigenvalue weighted by Gasteiger charge is 1.99. The van der Waals surface area contributed by atoms with Crippen LogP contribution in [0.25, 0.3) is 0 Å². The molecule has 0 heterocycles. The fourth-order valence-electron chi connectivity index (χ4n) is 1.32. The lowest BCUT2D eigenvalue weighted by atomic mass is 10.1. The van der Waals surface area contributed by atoms with Crippen molar-refractivity contribution >= 4 is 11.8 Å². The molecule has 1 aromatic rings. The molecule has 0 spiro atoms. The first-order valence-electron chi connectivity index (χ1n) is 4.49. The van der Waals surface area contributed by atoms with E-state index >= 15 is 0 Å². The number of aryl methyl sites for hydroxylation is 1. The minimum absolute atomic E-state index is 1.02. The highest BCUT2D eigenvalue weighted by Crippen LogP contribution is 2.19. The molecule has 1 nitrogen and oxygen atoms in total. The van der Waals surface area contributed by atoms with Gasteiger partial charge in [0.25, 0.3) is 0 Å². The second kappa shape index (κ2) is 5.92. The first-order chi connectivity index (χ1) is 6.38. The molecule has 0 saturated carbocycles. The van der Waals surface area contributed by atoms with Gasteiger partial charge in [-0.05, 0) is 36.5 Å². The quantitative estimate of drug-likeness (QED) is 0.670. The van der Waals surface area contributed by atoms with E-state index < -0.39 is 0 Å². The summed E-state index contributed by atoms with van der Waals surface area (Å²) in [7, 11) is 1.73. The molecule has 0 saturated heterocycles. The van der Waals surface area contributed by atoms with Gasteiger partial charge in [0.15, 0.2) is 0 Å². The van der Waals surface area contributed by atoms with Gasteiger partial charge in [-0.1, -0.05) is 18.2 Å². The molecule has 72 valence electrons. The molecule has 0 bridgehead atoms. The molecule has 0 unspecified atom stereocenters. The van der Waals surface area contributed by atoms with Crippen LogP contribution in [0.2, 0.25) is 0 Å². The molecule has 0 fully saturated rings. The van der Waals surface area contributed by atoms with Gasteiger partial charge < -0.3 is 4.74 Å². The molecule has 0 aliphatic heterocycles. The van der Waals surface area contributed by atoms with Crippen LogP contribution in [0.1, 0.15) is 12.0 Å². The highest BCUT2D eigenvalue weighted by molar-refractivity contribution is 7.98. The second-order valence-corrected chi connectivity index (χ2v) is 3.89. The van der Waals surface area contributed by atoms with E-state index in [1.54, 1.807) is 7.11 Å². The van der Waals surface area contributed by atoms with E-state index in [0.717, 1.165) is 12.2 Å². The van der Waals surface area contributed by atoms with Gasteiger partial charge in [0.1, 0.15) is 5.75 Å². The molecule has 13 heavy (non-hydrogen) atoms. The zero-order chi connectivity index (χ0) is 9.52. The maximum absolute atomic E-state index is 5.27. The summed E-state index contributed by atoms with van der Waals surface area (Å²) in [5, 5.41) is 0. The van der Waals surface area contributed by atoms with Crippen molar-refractivity contribution in [1.82, 2.24) is 0 Å². The van der Waals surface area contributed by atoms with Crippen LogP contribution in [0.3, 0.4) is 0 Å². The predicted octanol–water partition coefficient (Wildman–Crippen LogP) is 2.99. The maximum Gasteiger partial charge on any atom is 0.122 e. The Labute approximate surface area is 84.5 Å². The topological polar surface area (TPSA) is 9.23 Å². The lowest BCUT2D eigenvalue weighted by Crippen LogP contribution is -1.92. The first kappa shape index (κ1) is 10.5. The zero-order valence-electron chi connectivity index (χ0n) is 8.25. The number of thioether (sulfide) groups is 1. The van der Waals surface area contributed by atoms with E-state index in [9.17, 15) is 0 Å². The third kappa shape index (κ3) is 3.31. The summed E-state index contributed by atoms with van der Waals surface area (Å²) in [5.41, 5.74) is 1.32. The summed E-state index contributed by atoms with van der Waals surface area (Å²) in [5.74, 6) is 2.24. The molecule has 0 N–H and O–H groups in total. The minimum Gasteiger partial charge on any atom is -0.496 e. The van der Waals surface area contributed by atoms with Crippen molar-refractivity contribution in [3.63, 3.8) is 0 Å². The summed E-state index contributed by atoms with van der Waals surface area (Å²) < 4.78 is 5.27. The third-order valence-electron chi connectivity index (χ3n) is 1.99. The fourth-order valence-corrected chi connectivity index (χ4v) is 1.75. The van der Waals surface area contributed by atoms with Crippen LogP contribution in [-0.4, -0.2) is 19.1 Å². The second-order valence-electron chi connectivity index (χ2n) is 2.91. The monoisotopic (exact) mass is 196 g/mol. The smallest absolute Gasteiger partial charge is 0.122 e. The molecular formula is C11H16OS. The Kier molecular flexibility index (Phi) is 4.76. The van der Waals surface area contributed by atoms with Crippen molar-refractivity contribution in [3.8, 4) is 5.75 Å². The van der Waals surface area contributed by atoms with Gasteiger partial charge in [-0.15, -0.1) is 0 Å². The normalized spacial score (nSPS) is 10.0. The SMILES string of the molecule is COc1ccccc1CCCSC. The van der Waals surface area contributed by atoms with Gasteiger partial charge in [0, 0.05) is 0 Å².